The first kappa shape index (κ1) is 21.1. The fraction of sp³-hybridized carbons (Fsp3) is 0.846. The molecule has 0 aromatic heterocycles. The molecule has 0 amide bonds. The number of ketones is 1. The number of esters is 1. The van der Waals surface area contributed by atoms with Gasteiger partial charge in [0.2, 0.25) is 0 Å². The Morgan fingerprint density at radius 2 is 1.93 bits per heavy atom. The van der Waals surface area contributed by atoms with Crippen LogP contribution in [0.3, 0.4) is 0 Å². The lowest BCUT2D eigenvalue weighted by Crippen LogP contribution is -2.51. The van der Waals surface area contributed by atoms with Crippen LogP contribution in [0.15, 0.2) is 11.6 Å². The van der Waals surface area contributed by atoms with Crippen molar-refractivity contribution < 1.29 is 14.3 Å². The first-order valence-corrected chi connectivity index (χ1v) is 12.2. The molecule has 4 rings (SSSR count). The number of carbonyl (C=O) groups is 2. The highest BCUT2D eigenvalue weighted by atomic mass is 16.5. The molecule has 7 atom stereocenters. The summed E-state index contributed by atoms with van der Waals surface area (Å²) < 4.78 is 5.16. The van der Waals surface area contributed by atoms with Gasteiger partial charge in [-0.15, -0.1) is 0 Å². The Kier molecular flexibility index (Phi) is 5.72. The van der Waals surface area contributed by atoms with E-state index in [1.54, 1.807) is 0 Å². The van der Waals surface area contributed by atoms with Gasteiger partial charge in [0.05, 0.1) is 6.61 Å². The van der Waals surface area contributed by atoms with E-state index in [4.69, 9.17) is 4.74 Å². The van der Waals surface area contributed by atoms with Gasteiger partial charge in [0.25, 0.3) is 0 Å². The maximum absolute atomic E-state index is 12.0. The number of allylic oxidation sites excluding steroid dienone is 1. The first-order chi connectivity index (χ1) is 13.8. The van der Waals surface area contributed by atoms with Crippen molar-refractivity contribution in [2.45, 2.75) is 91.9 Å². The zero-order valence-electron chi connectivity index (χ0n) is 19.0. The summed E-state index contributed by atoms with van der Waals surface area (Å²) in [4.78, 5) is 23.9. The predicted molar refractivity (Wildman–Crippen MR) is 115 cm³/mol. The first-order valence-electron chi connectivity index (χ1n) is 12.2. The normalized spacial score (nSPS) is 42.3. The van der Waals surface area contributed by atoms with E-state index in [0.717, 1.165) is 49.4 Å². The van der Waals surface area contributed by atoms with Crippen molar-refractivity contribution in [1.82, 2.24) is 0 Å². The molecule has 3 heteroatoms. The molecule has 0 bridgehead atoms. The van der Waals surface area contributed by atoms with Crippen LogP contribution in [0.2, 0.25) is 0 Å². The van der Waals surface area contributed by atoms with Crippen molar-refractivity contribution in [3.63, 3.8) is 0 Å². The summed E-state index contributed by atoms with van der Waals surface area (Å²) in [7, 11) is 0. The maximum atomic E-state index is 12.0. The minimum Gasteiger partial charge on any atom is -0.466 e. The number of rotatable bonds is 5. The Balaban J connectivity index is 1.48. The largest absolute Gasteiger partial charge is 0.466 e. The van der Waals surface area contributed by atoms with Crippen LogP contribution >= 0.6 is 0 Å². The Morgan fingerprint density at radius 3 is 2.69 bits per heavy atom. The summed E-state index contributed by atoms with van der Waals surface area (Å²) in [5.74, 6) is 4.07. The molecular formula is C26H40O3. The molecule has 0 spiro atoms. The van der Waals surface area contributed by atoms with Gasteiger partial charge >= 0.3 is 5.97 Å². The minimum absolute atomic E-state index is 0.0332. The second kappa shape index (κ2) is 7.85. The summed E-state index contributed by atoms with van der Waals surface area (Å²) in [5, 5.41) is 0. The standard InChI is InChI=1S/C26H40O3/c1-5-29-24(28)11-6-17(2)21-9-10-22-20-8-7-18-16-19(27)12-14-25(18,3)23(20)13-15-26(21,22)4/h16-17,20-23H,5-15H2,1-4H3/t17?,20?,21?,22?,23?,25-,26+/m0/s1. The van der Waals surface area contributed by atoms with E-state index in [2.05, 4.69) is 20.8 Å². The SMILES string of the molecule is CCOC(=O)CCC(C)C1CCC2C3CCC4=CC(=O)CC[C@]4(C)C3CC[C@]12C. The fourth-order valence-corrected chi connectivity index (χ4v) is 8.31. The van der Waals surface area contributed by atoms with Gasteiger partial charge in [-0.05, 0) is 105 Å². The van der Waals surface area contributed by atoms with Crippen molar-refractivity contribution in [2.75, 3.05) is 6.61 Å². The monoisotopic (exact) mass is 400 g/mol. The summed E-state index contributed by atoms with van der Waals surface area (Å²) >= 11 is 0. The van der Waals surface area contributed by atoms with Gasteiger partial charge in [0.15, 0.2) is 5.78 Å². The molecule has 3 saturated carbocycles. The lowest BCUT2D eigenvalue weighted by molar-refractivity contribution is -0.143. The Bertz CT molecular complexity index is 694. The molecule has 0 radical (unpaired) electrons. The highest BCUT2D eigenvalue weighted by molar-refractivity contribution is 5.91. The van der Waals surface area contributed by atoms with Gasteiger partial charge in [-0.2, -0.15) is 0 Å². The molecule has 4 aliphatic rings. The van der Waals surface area contributed by atoms with Gasteiger partial charge in [0, 0.05) is 12.8 Å². The number of fused-ring (bicyclic) bond motifs is 5. The highest BCUT2D eigenvalue weighted by Crippen LogP contribution is 2.67. The van der Waals surface area contributed by atoms with E-state index in [1.165, 1.54) is 37.7 Å². The third-order valence-corrected chi connectivity index (χ3v) is 9.83. The predicted octanol–water partition coefficient (Wildman–Crippen LogP) is 6.11. The van der Waals surface area contributed by atoms with Crippen molar-refractivity contribution in [3.05, 3.63) is 11.6 Å². The third kappa shape index (κ3) is 3.51. The van der Waals surface area contributed by atoms with Gasteiger partial charge in [-0.1, -0.05) is 26.3 Å². The quantitative estimate of drug-likeness (QED) is 0.523. The highest BCUT2D eigenvalue weighted by Gasteiger charge is 2.59. The average molecular weight is 401 g/mol. The summed E-state index contributed by atoms with van der Waals surface area (Å²) in [6.07, 6.45) is 13.1. The Labute approximate surface area is 177 Å². The molecule has 0 aliphatic heterocycles. The molecule has 162 valence electrons. The number of carbonyl (C=O) groups excluding carboxylic acids is 2. The smallest absolute Gasteiger partial charge is 0.305 e. The van der Waals surface area contributed by atoms with Crippen molar-refractivity contribution in [3.8, 4) is 0 Å². The molecule has 0 N–H and O–H groups in total. The van der Waals surface area contributed by atoms with E-state index in [1.807, 2.05) is 13.0 Å². The molecular weight excluding hydrogens is 360 g/mol. The molecule has 0 aromatic rings. The van der Waals surface area contributed by atoms with Gasteiger partial charge in [-0.3, -0.25) is 9.59 Å². The Morgan fingerprint density at radius 1 is 1.14 bits per heavy atom. The van der Waals surface area contributed by atoms with E-state index < -0.39 is 0 Å². The molecule has 0 heterocycles. The van der Waals surface area contributed by atoms with Crippen LogP contribution in [-0.2, 0) is 14.3 Å². The second-order valence-electron chi connectivity index (χ2n) is 11.0. The lowest BCUT2D eigenvalue weighted by atomic mass is 9.46. The molecule has 0 aromatic carbocycles. The maximum Gasteiger partial charge on any atom is 0.305 e. The van der Waals surface area contributed by atoms with Crippen molar-refractivity contribution in [2.24, 2.45) is 40.4 Å². The van der Waals surface area contributed by atoms with Crippen molar-refractivity contribution in [1.29, 1.82) is 0 Å². The molecule has 4 aliphatic carbocycles. The van der Waals surface area contributed by atoms with Crippen LogP contribution in [0.25, 0.3) is 0 Å². The van der Waals surface area contributed by atoms with Crippen molar-refractivity contribution >= 4 is 11.8 Å². The van der Waals surface area contributed by atoms with E-state index in [0.29, 0.717) is 30.1 Å². The van der Waals surface area contributed by atoms with Crippen LogP contribution in [0.1, 0.15) is 91.9 Å². The second-order valence-corrected chi connectivity index (χ2v) is 11.0. The van der Waals surface area contributed by atoms with Gasteiger partial charge in [-0.25, -0.2) is 0 Å². The number of hydrogen-bond acceptors (Lipinski definition) is 3. The van der Waals surface area contributed by atoms with Crippen LogP contribution in [0.5, 0.6) is 0 Å². The summed E-state index contributed by atoms with van der Waals surface area (Å²) in [6, 6.07) is 0. The topological polar surface area (TPSA) is 43.4 Å². The zero-order valence-corrected chi connectivity index (χ0v) is 19.0. The molecule has 5 unspecified atom stereocenters. The number of ether oxygens (including phenoxy) is 1. The zero-order chi connectivity index (χ0) is 20.8. The number of hydrogen-bond donors (Lipinski definition) is 0. The van der Waals surface area contributed by atoms with Gasteiger partial charge < -0.3 is 4.74 Å². The molecule has 3 nitrogen and oxygen atoms in total. The fourth-order valence-electron chi connectivity index (χ4n) is 8.31. The van der Waals surface area contributed by atoms with E-state index in [9.17, 15) is 9.59 Å². The summed E-state index contributed by atoms with van der Waals surface area (Å²) in [5.41, 5.74) is 2.17. The van der Waals surface area contributed by atoms with Crippen LogP contribution in [-0.4, -0.2) is 18.4 Å². The molecule has 3 fully saturated rings. The average Bonchev–Trinajstić information content (AvgIpc) is 3.04. The molecule has 0 saturated heterocycles. The minimum atomic E-state index is -0.0332. The summed E-state index contributed by atoms with van der Waals surface area (Å²) in [6.45, 7) is 9.79. The van der Waals surface area contributed by atoms with Gasteiger partial charge in [0.1, 0.15) is 0 Å². The van der Waals surface area contributed by atoms with Crippen LogP contribution < -0.4 is 0 Å². The van der Waals surface area contributed by atoms with E-state index >= 15 is 0 Å². The van der Waals surface area contributed by atoms with E-state index in [-0.39, 0.29) is 11.4 Å². The Hall–Kier alpha value is -1.12. The molecule has 29 heavy (non-hydrogen) atoms. The van der Waals surface area contributed by atoms with Crippen LogP contribution in [0.4, 0.5) is 0 Å². The van der Waals surface area contributed by atoms with Crippen LogP contribution in [0, 0.1) is 40.4 Å². The third-order valence-electron chi connectivity index (χ3n) is 9.83. The lowest BCUT2D eigenvalue weighted by Gasteiger charge is -2.58.